The van der Waals surface area contributed by atoms with Crippen molar-refractivity contribution in [2.45, 2.75) is 11.4 Å². The summed E-state index contributed by atoms with van der Waals surface area (Å²) in [6.07, 6.45) is 3.14. The van der Waals surface area contributed by atoms with Crippen LogP contribution in [-0.2, 0) is 23.6 Å². The minimum Gasteiger partial charge on any atom is -0.396 e. The van der Waals surface area contributed by atoms with E-state index in [0.29, 0.717) is 11.9 Å². The van der Waals surface area contributed by atoms with Crippen LogP contribution in [0.15, 0.2) is 29.4 Å². The van der Waals surface area contributed by atoms with E-state index < -0.39 is 32.2 Å². The molecule has 0 saturated heterocycles. The number of anilines is 1. The molecule has 0 radical (unpaired) electrons. The van der Waals surface area contributed by atoms with Crippen LogP contribution in [-0.4, -0.2) is 18.0 Å². The number of hydrogen-bond acceptors (Lipinski definition) is 4. The molecule has 0 spiro atoms. The number of rotatable bonds is 4. The van der Waals surface area contributed by atoms with Gasteiger partial charge >= 0.3 is 0 Å². The molecule has 0 aliphatic heterocycles. The first-order chi connectivity index (χ1) is 9.31. The third-order valence-corrected chi connectivity index (χ3v) is 4.10. The van der Waals surface area contributed by atoms with Crippen LogP contribution in [0.2, 0.25) is 0 Å². The largest absolute Gasteiger partial charge is 0.396 e. The zero-order valence-corrected chi connectivity index (χ0v) is 11.3. The second kappa shape index (κ2) is 5.17. The van der Waals surface area contributed by atoms with Gasteiger partial charge in [0.2, 0.25) is 10.0 Å². The highest BCUT2D eigenvalue weighted by Gasteiger charge is 2.21. The molecule has 0 aliphatic carbocycles. The number of sulfonamides is 1. The standard InChI is InChI=1S/C11H12F2N4O2S/c1-17-3-2-15-11(17)6-16-20(18,19)10-5-9(14)7(12)4-8(10)13/h2-5,16H,6,14H2,1H3. The number of nitrogen functional groups attached to an aromatic ring is 1. The molecule has 0 atom stereocenters. The maximum Gasteiger partial charge on any atom is 0.243 e. The number of nitrogens with zero attached hydrogens (tertiary/aromatic N) is 2. The lowest BCUT2D eigenvalue weighted by atomic mass is 10.3. The Morgan fingerprint density at radius 2 is 2.05 bits per heavy atom. The molecular weight excluding hydrogens is 290 g/mol. The second-order valence-electron chi connectivity index (χ2n) is 4.08. The fourth-order valence-corrected chi connectivity index (χ4v) is 2.63. The van der Waals surface area contributed by atoms with Crippen molar-refractivity contribution in [2.24, 2.45) is 7.05 Å². The molecule has 1 heterocycles. The normalized spacial score (nSPS) is 11.8. The summed E-state index contributed by atoms with van der Waals surface area (Å²) in [5, 5.41) is 0. The van der Waals surface area contributed by atoms with Crippen molar-refractivity contribution in [1.82, 2.24) is 14.3 Å². The average molecular weight is 302 g/mol. The number of aryl methyl sites for hydroxylation is 1. The predicted octanol–water partition coefficient (Wildman–Crippen LogP) is 0.759. The SMILES string of the molecule is Cn1ccnc1CNS(=O)(=O)c1cc(N)c(F)cc1F. The number of aromatic nitrogens is 2. The van der Waals surface area contributed by atoms with Crippen LogP contribution >= 0.6 is 0 Å². The van der Waals surface area contributed by atoms with Crippen LogP contribution in [0.3, 0.4) is 0 Å². The summed E-state index contributed by atoms with van der Waals surface area (Å²) in [4.78, 5) is 3.22. The zero-order chi connectivity index (χ0) is 14.9. The van der Waals surface area contributed by atoms with Crippen molar-refractivity contribution in [2.75, 3.05) is 5.73 Å². The van der Waals surface area contributed by atoms with Crippen LogP contribution in [0.4, 0.5) is 14.5 Å². The molecule has 6 nitrogen and oxygen atoms in total. The lowest BCUT2D eigenvalue weighted by Crippen LogP contribution is -2.25. The van der Waals surface area contributed by atoms with Crippen molar-refractivity contribution in [1.29, 1.82) is 0 Å². The van der Waals surface area contributed by atoms with Gasteiger partial charge in [0.15, 0.2) is 0 Å². The number of nitrogens with two attached hydrogens (primary N) is 1. The zero-order valence-electron chi connectivity index (χ0n) is 10.5. The summed E-state index contributed by atoms with van der Waals surface area (Å²) in [5.74, 6) is -1.77. The highest BCUT2D eigenvalue weighted by Crippen LogP contribution is 2.20. The van der Waals surface area contributed by atoms with Gasteiger partial charge in [-0.15, -0.1) is 0 Å². The number of nitrogens with one attached hydrogen (secondary N) is 1. The first kappa shape index (κ1) is 14.4. The number of imidazole rings is 1. The molecule has 0 fully saturated rings. The summed E-state index contributed by atoms with van der Waals surface area (Å²) < 4.78 is 54.3. The minimum absolute atomic E-state index is 0.122. The molecule has 20 heavy (non-hydrogen) atoms. The molecule has 2 rings (SSSR count). The quantitative estimate of drug-likeness (QED) is 0.816. The van der Waals surface area contributed by atoms with Gasteiger partial charge in [0.1, 0.15) is 22.4 Å². The fourth-order valence-electron chi connectivity index (χ4n) is 1.55. The van der Waals surface area contributed by atoms with Gasteiger partial charge in [-0.1, -0.05) is 0 Å². The third-order valence-electron chi connectivity index (χ3n) is 2.68. The highest BCUT2D eigenvalue weighted by molar-refractivity contribution is 7.89. The van der Waals surface area contributed by atoms with Gasteiger partial charge < -0.3 is 10.3 Å². The summed E-state index contributed by atoms with van der Waals surface area (Å²) in [7, 11) is -2.46. The molecule has 0 bridgehead atoms. The van der Waals surface area contributed by atoms with E-state index in [2.05, 4.69) is 9.71 Å². The summed E-state index contributed by atoms with van der Waals surface area (Å²) >= 11 is 0. The maximum atomic E-state index is 13.5. The van der Waals surface area contributed by atoms with Gasteiger partial charge in [0.25, 0.3) is 0 Å². The van der Waals surface area contributed by atoms with Crippen molar-refractivity contribution >= 4 is 15.7 Å². The van der Waals surface area contributed by atoms with Crippen LogP contribution in [0.5, 0.6) is 0 Å². The highest BCUT2D eigenvalue weighted by atomic mass is 32.2. The van der Waals surface area contributed by atoms with Crippen LogP contribution < -0.4 is 10.5 Å². The Labute approximate surface area is 114 Å². The van der Waals surface area contributed by atoms with E-state index in [9.17, 15) is 17.2 Å². The molecule has 2 aromatic rings. The Hall–Kier alpha value is -2.00. The smallest absolute Gasteiger partial charge is 0.243 e. The number of benzene rings is 1. The molecular formula is C11H12F2N4O2S. The van der Waals surface area contributed by atoms with Crippen molar-refractivity contribution in [3.05, 3.63) is 42.0 Å². The van der Waals surface area contributed by atoms with Gasteiger partial charge in [0, 0.05) is 25.5 Å². The molecule has 1 aromatic carbocycles. The fraction of sp³-hybridized carbons (Fsp3) is 0.182. The van der Waals surface area contributed by atoms with Gasteiger partial charge in [0.05, 0.1) is 12.2 Å². The molecule has 108 valence electrons. The van der Waals surface area contributed by atoms with Crippen molar-refractivity contribution in [3.63, 3.8) is 0 Å². The first-order valence-electron chi connectivity index (χ1n) is 5.51. The minimum atomic E-state index is -4.15. The van der Waals surface area contributed by atoms with Crippen molar-refractivity contribution < 1.29 is 17.2 Å². The second-order valence-corrected chi connectivity index (χ2v) is 5.82. The Balaban J connectivity index is 2.27. The maximum absolute atomic E-state index is 13.5. The van der Waals surface area contributed by atoms with Crippen LogP contribution in [0.25, 0.3) is 0 Å². The van der Waals surface area contributed by atoms with E-state index in [0.717, 1.165) is 6.07 Å². The monoisotopic (exact) mass is 302 g/mol. The predicted molar refractivity (Wildman–Crippen MR) is 68.0 cm³/mol. The number of hydrogen-bond donors (Lipinski definition) is 2. The van der Waals surface area contributed by atoms with E-state index in [1.165, 1.54) is 6.20 Å². The van der Waals surface area contributed by atoms with Crippen LogP contribution in [0.1, 0.15) is 5.82 Å². The van der Waals surface area contributed by atoms with Gasteiger partial charge in [-0.3, -0.25) is 0 Å². The summed E-state index contributed by atoms with van der Waals surface area (Å²) in [6, 6.07) is 1.18. The molecule has 3 N–H and O–H groups in total. The molecule has 0 aliphatic rings. The summed E-state index contributed by atoms with van der Waals surface area (Å²) in [5.41, 5.74) is 4.81. The van der Waals surface area contributed by atoms with Gasteiger partial charge in [-0.2, -0.15) is 0 Å². The third kappa shape index (κ3) is 2.78. The lowest BCUT2D eigenvalue weighted by Gasteiger charge is -2.09. The van der Waals surface area contributed by atoms with E-state index in [4.69, 9.17) is 5.73 Å². The average Bonchev–Trinajstić information content (AvgIpc) is 2.77. The van der Waals surface area contributed by atoms with Gasteiger partial charge in [-0.05, 0) is 6.07 Å². The first-order valence-corrected chi connectivity index (χ1v) is 7.00. The molecule has 1 aromatic heterocycles. The van der Waals surface area contributed by atoms with Crippen molar-refractivity contribution in [3.8, 4) is 0 Å². The Kier molecular flexibility index (Phi) is 3.73. The Bertz CT molecular complexity index is 743. The van der Waals surface area contributed by atoms with Gasteiger partial charge in [-0.25, -0.2) is 26.9 Å². The lowest BCUT2D eigenvalue weighted by molar-refractivity contribution is 0.543. The van der Waals surface area contributed by atoms with E-state index >= 15 is 0 Å². The topological polar surface area (TPSA) is 90.0 Å². The molecule has 9 heteroatoms. The molecule has 0 amide bonds. The number of halogens is 2. The van der Waals surface area contributed by atoms with Crippen LogP contribution in [0, 0.1) is 11.6 Å². The summed E-state index contributed by atoms with van der Waals surface area (Å²) in [6.45, 7) is -0.122. The molecule has 0 unspecified atom stereocenters. The Morgan fingerprint density at radius 1 is 1.35 bits per heavy atom. The van der Waals surface area contributed by atoms with E-state index in [-0.39, 0.29) is 6.54 Å². The van der Waals surface area contributed by atoms with E-state index in [1.54, 1.807) is 17.8 Å². The molecule has 0 saturated carbocycles. The van der Waals surface area contributed by atoms with E-state index in [1.807, 2.05) is 0 Å². The Morgan fingerprint density at radius 3 is 2.65 bits per heavy atom.